The van der Waals surface area contributed by atoms with Crippen LogP contribution in [0.2, 0.25) is 0 Å². The molecule has 0 spiro atoms. The molecule has 3 aromatic rings. The third-order valence-corrected chi connectivity index (χ3v) is 5.14. The van der Waals surface area contributed by atoms with Crippen molar-refractivity contribution in [1.82, 2.24) is 9.55 Å². The van der Waals surface area contributed by atoms with E-state index in [1.54, 1.807) is 47.9 Å². The molecule has 2 aromatic carbocycles. The van der Waals surface area contributed by atoms with Crippen molar-refractivity contribution >= 4 is 34.3 Å². The molecule has 1 aromatic heterocycles. The van der Waals surface area contributed by atoms with Crippen molar-refractivity contribution in [3.8, 4) is 6.07 Å². The molecule has 0 fully saturated rings. The van der Waals surface area contributed by atoms with Gasteiger partial charge in [-0.05, 0) is 44.2 Å². The third kappa shape index (κ3) is 4.01. The number of rotatable bonds is 5. The predicted octanol–water partition coefficient (Wildman–Crippen LogP) is 3.41. The fourth-order valence-electron chi connectivity index (χ4n) is 2.64. The lowest BCUT2D eigenvalue weighted by molar-refractivity contribution is -0.115. The number of nitrogens with one attached hydrogen (secondary N) is 1. The molecule has 0 bridgehead atoms. The maximum Gasteiger partial charge on any atom is 0.262 e. The van der Waals surface area contributed by atoms with Gasteiger partial charge in [-0.3, -0.25) is 14.2 Å². The van der Waals surface area contributed by atoms with E-state index >= 15 is 0 Å². The summed E-state index contributed by atoms with van der Waals surface area (Å²) in [4.78, 5) is 29.8. The van der Waals surface area contributed by atoms with Crippen LogP contribution in [-0.4, -0.2) is 20.7 Å². The molecule has 136 valence electrons. The Kier molecular flexibility index (Phi) is 5.57. The fourth-order valence-corrected chi connectivity index (χ4v) is 3.61. The highest BCUT2D eigenvalue weighted by molar-refractivity contribution is 8.00. The summed E-state index contributed by atoms with van der Waals surface area (Å²) in [6, 6.07) is 16.0. The van der Waals surface area contributed by atoms with Crippen molar-refractivity contribution in [2.45, 2.75) is 30.8 Å². The van der Waals surface area contributed by atoms with E-state index in [2.05, 4.69) is 10.3 Å². The number of aromatic nitrogens is 2. The summed E-state index contributed by atoms with van der Waals surface area (Å²) in [7, 11) is 0. The predicted molar refractivity (Wildman–Crippen MR) is 107 cm³/mol. The van der Waals surface area contributed by atoms with Crippen LogP contribution in [0.25, 0.3) is 10.9 Å². The highest BCUT2D eigenvalue weighted by Crippen LogP contribution is 2.23. The number of carbonyl (C=O) groups excluding carboxylic acids is 1. The first-order chi connectivity index (χ1) is 13.0. The minimum atomic E-state index is -0.471. The molecule has 3 rings (SSSR count). The second-order valence-electron chi connectivity index (χ2n) is 5.90. The van der Waals surface area contributed by atoms with Crippen molar-refractivity contribution in [1.29, 1.82) is 5.26 Å². The second-order valence-corrected chi connectivity index (χ2v) is 7.21. The van der Waals surface area contributed by atoms with Gasteiger partial charge in [0.2, 0.25) is 5.91 Å². The van der Waals surface area contributed by atoms with Crippen LogP contribution in [0, 0.1) is 11.3 Å². The molecular formula is C20H18N4O2S. The molecule has 1 heterocycles. The van der Waals surface area contributed by atoms with Crippen LogP contribution in [0.5, 0.6) is 0 Å². The Labute approximate surface area is 160 Å². The fraction of sp³-hybridized carbons (Fsp3) is 0.200. The molecule has 0 saturated carbocycles. The first-order valence-corrected chi connectivity index (χ1v) is 9.38. The lowest BCUT2D eigenvalue weighted by Gasteiger charge is -2.15. The van der Waals surface area contributed by atoms with E-state index in [-0.39, 0.29) is 11.5 Å². The number of hydrogen-bond donors (Lipinski definition) is 1. The van der Waals surface area contributed by atoms with Crippen molar-refractivity contribution in [2.24, 2.45) is 0 Å². The summed E-state index contributed by atoms with van der Waals surface area (Å²) in [5.74, 6) is -0.222. The largest absolute Gasteiger partial charge is 0.325 e. The van der Waals surface area contributed by atoms with Crippen LogP contribution in [0.1, 0.15) is 19.4 Å². The molecule has 0 aliphatic heterocycles. The third-order valence-electron chi connectivity index (χ3n) is 4.05. The number of anilines is 1. The van der Waals surface area contributed by atoms with Gasteiger partial charge < -0.3 is 5.32 Å². The molecule has 27 heavy (non-hydrogen) atoms. The van der Waals surface area contributed by atoms with Crippen molar-refractivity contribution < 1.29 is 4.79 Å². The summed E-state index contributed by atoms with van der Waals surface area (Å²) in [6.45, 7) is 4.10. The first-order valence-electron chi connectivity index (χ1n) is 8.50. The molecule has 1 atom stereocenters. The lowest BCUT2D eigenvalue weighted by Crippen LogP contribution is -2.26. The summed E-state index contributed by atoms with van der Waals surface area (Å²) in [5.41, 5.74) is 1.54. The smallest absolute Gasteiger partial charge is 0.262 e. The standard InChI is InChI=1S/C20H18N4O2S/c1-3-24-19(26)16-9-4-5-10-17(16)23-20(24)27-13(2)18(25)22-15-8-6-7-14(11-15)12-21/h4-11,13H,3H2,1-2H3,(H,22,25)/t13-/m0/s1. The Bertz CT molecular complexity index is 1100. The Morgan fingerprint density at radius 1 is 1.30 bits per heavy atom. The van der Waals surface area contributed by atoms with Crippen molar-refractivity contribution in [2.75, 3.05) is 5.32 Å². The van der Waals surface area contributed by atoms with Gasteiger partial charge in [0.05, 0.1) is 27.8 Å². The quantitative estimate of drug-likeness (QED) is 0.543. The van der Waals surface area contributed by atoms with Gasteiger partial charge in [-0.1, -0.05) is 30.0 Å². The van der Waals surface area contributed by atoms with Crippen LogP contribution in [0.3, 0.4) is 0 Å². The number of carbonyl (C=O) groups is 1. The summed E-state index contributed by atoms with van der Waals surface area (Å²) in [6.07, 6.45) is 0. The van der Waals surface area contributed by atoms with Gasteiger partial charge in [0.1, 0.15) is 0 Å². The minimum absolute atomic E-state index is 0.111. The molecule has 0 aliphatic rings. The zero-order valence-electron chi connectivity index (χ0n) is 15.0. The Morgan fingerprint density at radius 2 is 2.07 bits per heavy atom. The average molecular weight is 378 g/mol. The van der Waals surface area contributed by atoms with E-state index in [4.69, 9.17) is 5.26 Å². The van der Waals surface area contributed by atoms with E-state index in [0.29, 0.717) is 33.9 Å². The number of nitrogens with zero attached hydrogens (tertiary/aromatic N) is 3. The van der Waals surface area contributed by atoms with Gasteiger partial charge in [-0.25, -0.2) is 4.98 Å². The van der Waals surface area contributed by atoms with Gasteiger partial charge in [-0.2, -0.15) is 5.26 Å². The number of fused-ring (bicyclic) bond motifs is 1. The van der Waals surface area contributed by atoms with Gasteiger partial charge >= 0.3 is 0 Å². The van der Waals surface area contributed by atoms with Gasteiger partial charge in [0, 0.05) is 12.2 Å². The number of para-hydroxylation sites is 1. The van der Waals surface area contributed by atoms with Crippen molar-refractivity contribution in [3.05, 3.63) is 64.4 Å². The maximum absolute atomic E-state index is 12.7. The molecule has 7 heteroatoms. The molecule has 6 nitrogen and oxygen atoms in total. The number of hydrogen-bond acceptors (Lipinski definition) is 5. The highest BCUT2D eigenvalue weighted by Gasteiger charge is 2.19. The van der Waals surface area contributed by atoms with E-state index in [0.717, 1.165) is 0 Å². The topological polar surface area (TPSA) is 87.8 Å². The van der Waals surface area contributed by atoms with Crippen LogP contribution in [0.15, 0.2) is 58.5 Å². The summed E-state index contributed by atoms with van der Waals surface area (Å²) >= 11 is 1.24. The number of amides is 1. The maximum atomic E-state index is 12.7. The van der Waals surface area contributed by atoms with E-state index in [1.165, 1.54) is 11.8 Å². The number of benzene rings is 2. The molecule has 0 aliphatic carbocycles. The Hall–Kier alpha value is -3.11. The molecule has 0 radical (unpaired) electrons. The second kappa shape index (κ2) is 8.06. The average Bonchev–Trinajstić information content (AvgIpc) is 2.68. The van der Waals surface area contributed by atoms with Crippen LogP contribution in [-0.2, 0) is 11.3 Å². The van der Waals surface area contributed by atoms with E-state index in [1.807, 2.05) is 25.1 Å². The van der Waals surface area contributed by atoms with E-state index < -0.39 is 5.25 Å². The minimum Gasteiger partial charge on any atom is -0.325 e. The van der Waals surface area contributed by atoms with Crippen LogP contribution in [0.4, 0.5) is 5.69 Å². The van der Waals surface area contributed by atoms with Gasteiger partial charge in [0.25, 0.3) is 5.56 Å². The number of nitriles is 1. The summed E-state index contributed by atoms with van der Waals surface area (Å²) < 4.78 is 1.58. The van der Waals surface area contributed by atoms with Crippen molar-refractivity contribution in [3.63, 3.8) is 0 Å². The van der Waals surface area contributed by atoms with Gasteiger partial charge in [0.15, 0.2) is 5.16 Å². The van der Waals surface area contributed by atoms with Crippen LogP contribution < -0.4 is 10.9 Å². The molecular weight excluding hydrogens is 360 g/mol. The molecule has 1 N–H and O–H groups in total. The number of thioether (sulfide) groups is 1. The van der Waals surface area contributed by atoms with Gasteiger partial charge in [-0.15, -0.1) is 0 Å². The molecule has 1 amide bonds. The molecule has 0 unspecified atom stereocenters. The lowest BCUT2D eigenvalue weighted by atomic mass is 10.2. The normalized spacial score (nSPS) is 11.7. The monoisotopic (exact) mass is 378 g/mol. The van der Waals surface area contributed by atoms with E-state index in [9.17, 15) is 9.59 Å². The van der Waals surface area contributed by atoms with Crippen LogP contribution >= 0.6 is 11.8 Å². The SMILES string of the molecule is CCn1c(S[C@@H](C)C(=O)Nc2cccc(C#N)c2)nc2ccccc2c1=O. The molecule has 0 saturated heterocycles. The zero-order chi connectivity index (χ0) is 19.4. The Morgan fingerprint density at radius 3 is 2.81 bits per heavy atom. The first kappa shape index (κ1) is 18.7. The zero-order valence-corrected chi connectivity index (χ0v) is 15.8. The highest BCUT2D eigenvalue weighted by atomic mass is 32.2. The Balaban J connectivity index is 1.84. The summed E-state index contributed by atoms with van der Waals surface area (Å²) in [5, 5.41) is 12.4.